The van der Waals surface area contributed by atoms with Crippen LogP contribution in [-0.4, -0.2) is 18.7 Å². The van der Waals surface area contributed by atoms with E-state index in [1.165, 1.54) is 19.2 Å². The number of rotatable bonds is 4. The molecule has 0 spiro atoms. The van der Waals surface area contributed by atoms with Gasteiger partial charge in [0.2, 0.25) is 11.6 Å². The zero-order valence-electron chi connectivity index (χ0n) is 8.54. The van der Waals surface area contributed by atoms with Gasteiger partial charge in [0, 0.05) is 6.42 Å². The molecule has 4 heteroatoms. The van der Waals surface area contributed by atoms with Gasteiger partial charge in [-0.05, 0) is 18.2 Å². The number of ketones is 2. The van der Waals surface area contributed by atoms with Gasteiger partial charge in [0.05, 0.1) is 12.7 Å². The SMILES string of the molecule is CCC(=O)C(=O)c1cc(F)ccc1OC. The predicted molar refractivity (Wildman–Crippen MR) is 52.6 cm³/mol. The molecule has 0 aromatic heterocycles. The van der Waals surface area contributed by atoms with Gasteiger partial charge in [-0.15, -0.1) is 0 Å². The van der Waals surface area contributed by atoms with E-state index in [9.17, 15) is 14.0 Å². The molecule has 0 N–H and O–H groups in total. The fourth-order valence-electron chi connectivity index (χ4n) is 1.17. The lowest BCUT2D eigenvalue weighted by molar-refractivity contribution is -0.114. The summed E-state index contributed by atoms with van der Waals surface area (Å²) in [6.07, 6.45) is 0.0957. The number of carbonyl (C=O) groups excluding carboxylic acids is 2. The first-order valence-corrected chi connectivity index (χ1v) is 4.51. The van der Waals surface area contributed by atoms with E-state index in [4.69, 9.17) is 4.74 Å². The largest absolute Gasteiger partial charge is 0.496 e. The minimum Gasteiger partial charge on any atom is -0.496 e. The highest BCUT2D eigenvalue weighted by atomic mass is 19.1. The monoisotopic (exact) mass is 210 g/mol. The molecule has 0 saturated carbocycles. The van der Waals surface area contributed by atoms with Crippen molar-refractivity contribution in [3.63, 3.8) is 0 Å². The van der Waals surface area contributed by atoms with E-state index in [2.05, 4.69) is 0 Å². The Kier molecular flexibility index (Phi) is 3.55. The normalized spacial score (nSPS) is 9.80. The highest BCUT2D eigenvalue weighted by Crippen LogP contribution is 2.20. The van der Waals surface area contributed by atoms with Crippen LogP contribution in [0.2, 0.25) is 0 Å². The van der Waals surface area contributed by atoms with Crippen LogP contribution in [0.25, 0.3) is 0 Å². The van der Waals surface area contributed by atoms with E-state index in [-0.39, 0.29) is 17.7 Å². The van der Waals surface area contributed by atoms with E-state index >= 15 is 0 Å². The van der Waals surface area contributed by atoms with Crippen molar-refractivity contribution in [2.24, 2.45) is 0 Å². The third kappa shape index (κ3) is 2.40. The van der Waals surface area contributed by atoms with E-state index in [0.29, 0.717) is 0 Å². The molecule has 0 fully saturated rings. The molecule has 0 aliphatic carbocycles. The molecule has 0 unspecified atom stereocenters. The van der Waals surface area contributed by atoms with Crippen molar-refractivity contribution in [3.8, 4) is 5.75 Å². The maximum Gasteiger partial charge on any atom is 0.232 e. The Balaban J connectivity index is 3.17. The number of methoxy groups -OCH3 is 1. The summed E-state index contributed by atoms with van der Waals surface area (Å²) in [5.41, 5.74) is -0.0237. The van der Waals surface area contributed by atoms with E-state index in [0.717, 1.165) is 6.07 Å². The Morgan fingerprint density at radius 2 is 2.07 bits per heavy atom. The van der Waals surface area contributed by atoms with Crippen molar-refractivity contribution < 1.29 is 18.7 Å². The third-order valence-electron chi connectivity index (χ3n) is 1.98. The van der Waals surface area contributed by atoms with E-state index in [1.54, 1.807) is 6.92 Å². The molecular weight excluding hydrogens is 199 g/mol. The molecule has 0 heterocycles. The maximum atomic E-state index is 12.9. The zero-order chi connectivity index (χ0) is 11.4. The van der Waals surface area contributed by atoms with Gasteiger partial charge < -0.3 is 4.74 Å². The van der Waals surface area contributed by atoms with Crippen molar-refractivity contribution in [2.75, 3.05) is 7.11 Å². The first-order chi connectivity index (χ1) is 7.10. The van der Waals surface area contributed by atoms with Crippen molar-refractivity contribution in [3.05, 3.63) is 29.6 Å². The summed E-state index contributed by atoms with van der Waals surface area (Å²) in [6, 6.07) is 3.51. The molecule has 15 heavy (non-hydrogen) atoms. The minimum atomic E-state index is -0.714. The van der Waals surface area contributed by atoms with Crippen molar-refractivity contribution in [1.29, 1.82) is 0 Å². The van der Waals surface area contributed by atoms with Gasteiger partial charge in [0.15, 0.2) is 0 Å². The van der Waals surface area contributed by atoms with Crippen molar-refractivity contribution in [1.82, 2.24) is 0 Å². The highest BCUT2D eigenvalue weighted by Gasteiger charge is 2.19. The van der Waals surface area contributed by atoms with Crippen LogP contribution in [0, 0.1) is 5.82 Å². The number of benzene rings is 1. The number of Topliss-reactive ketones (excluding diaryl/α,β-unsaturated/α-hetero) is 2. The summed E-state index contributed by atoms with van der Waals surface area (Å²) >= 11 is 0. The Labute approximate surface area is 86.9 Å². The topological polar surface area (TPSA) is 43.4 Å². The molecule has 3 nitrogen and oxygen atoms in total. The number of halogens is 1. The quantitative estimate of drug-likeness (QED) is 0.564. The molecule has 0 radical (unpaired) electrons. The second kappa shape index (κ2) is 4.68. The van der Waals surface area contributed by atoms with Gasteiger partial charge in [-0.1, -0.05) is 6.92 Å². The van der Waals surface area contributed by atoms with Crippen LogP contribution in [-0.2, 0) is 4.79 Å². The third-order valence-corrected chi connectivity index (χ3v) is 1.98. The van der Waals surface area contributed by atoms with Gasteiger partial charge in [-0.25, -0.2) is 4.39 Å². The first kappa shape index (κ1) is 11.4. The zero-order valence-corrected chi connectivity index (χ0v) is 8.54. The maximum absolute atomic E-state index is 12.9. The Morgan fingerprint density at radius 1 is 1.40 bits per heavy atom. The summed E-state index contributed by atoms with van der Waals surface area (Å²) in [7, 11) is 1.36. The molecule has 0 amide bonds. The lowest BCUT2D eigenvalue weighted by atomic mass is 10.0. The molecule has 0 atom stereocenters. The number of ether oxygens (including phenoxy) is 1. The number of hydrogen-bond donors (Lipinski definition) is 0. The van der Waals surface area contributed by atoms with Gasteiger partial charge in [0.25, 0.3) is 0 Å². The second-order valence-electron chi connectivity index (χ2n) is 2.95. The van der Waals surface area contributed by atoms with Crippen LogP contribution in [0.3, 0.4) is 0 Å². The molecule has 0 aliphatic heterocycles. The molecule has 0 saturated heterocycles. The summed E-state index contributed by atoms with van der Waals surface area (Å²) in [5.74, 6) is -1.63. The lowest BCUT2D eigenvalue weighted by Crippen LogP contribution is -2.14. The summed E-state index contributed by atoms with van der Waals surface area (Å²) in [6.45, 7) is 1.58. The summed E-state index contributed by atoms with van der Waals surface area (Å²) in [5, 5.41) is 0. The van der Waals surface area contributed by atoms with E-state index < -0.39 is 17.4 Å². The standard InChI is InChI=1S/C11H11FO3/c1-3-9(13)11(14)8-6-7(12)4-5-10(8)15-2/h4-6H,3H2,1-2H3. The van der Waals surface area contributed by atoms with Gasteiger partial charge in [-0.3, -0.25) is 9.59 Å². The van der Waals surface area contributed by atoms with Crippen LogP contribution in [0.4, 0.5) is 4.39 Å². The Hall–Kier alpha value is -1.71. The first-order valence-electron chi connectivity index (χ1n) is 4.51. The Bertz CT molecular complexity index is 399. The van der Waals surface area contributed by atoms with E-state index in [1.807, 2.05) is 0 Å². The van der Waals surface area contributed by atoms with Crippen molar-refractivity contribution >= 4 is 11.6 Å². The van der Waals surface area contributed by atoms with Crippen LogP contribution in [0.15, 0.2) is 18.2 Å². The molecule has 1 aromatic rings. The molecule has 80 valence electrons. The molecule has 1 aromatic carbocycles. The summed E-state index contributed by atoms with van der Waals surface area (Å²) in [4.78, 5) is 22.7. The number of hydrogen-bond acceptors (Lipinski definition) is 3. The van der Waals surface area contributed by atoms with Gasteiger partial charge in [-0.2, -0.15) is 0 Å². The molecule has 0 bridgehead atoms. The molecule has 0 aliphatic rings. The summed E-state index contributed by atoms with van der Waals surface area (Å²) < 4.78 is 17.8. The molecule has 1 rings (SSSR count). The number of carbonyl (C=O) groups is 2. The van der Waals surface area contributed by atoms with Gasteiger partial charge >= 0.3 is 0 Å². The highest BCUT2D eigenvalue weighted by molar-refractivity contribution is 6.44. The van der Waals surface area contributed by atoms with Crippen LogP contribution in [0.5, 0.6) is 5.75 Å². The smallest absolute Gasteiger partial charge is 0.232 e. The minimum absolute atomic E-state index is 0.0237. The van der Waals surface area contributed by atoms with Gasteiger partial charge in [0.1, 0.15) is 11.6 Å². The predicted octanol–water partition coefficient (Wildman–Crippen LogP) is 2.00. The van der Waals surface area contributed by atoms with Crippen LogP contribution < -0.4 is 4.74 Å². The average molecular weight is 210 g/mol. The second-order valence-corrected chi connectivity index (χ2v) is 2.95. The lowest BCUT2D eigenvalue weighted by Gasteiger charge is -2.05. The van der Waals surface area contributed by atoms with Crippen molar-refractivity contribution in [2.45, 2.75) is 13.3 Å². The average Bonchev–Trinajstić information content (AvgIpc) is 2.27. The fraction of sp³-hybridized carbons (Fsp3) is 0.273. The Morgan fingerprint density at radius 3 is 2.60 bits per heavy atom. The molecular formula is C11H11FO3. The fourth-order valence-corrected chi connectivity index (χ4v) is 1.17. The van der Waals surface area contributed by atoms with Crippen LogP contribution >= 0.6 is 0 Å². The van der Waals surface area contributed by atoms with Crippen LogP contribution in [0.1, 0.15) is 23.7 Å².